The van der Waals surface area contributed by atoms with Crippen molar-refractivity contribution in [1.82, 2.24) is 25.3 Å². The molecule has 0 spiro atoms. The first kappa shape index (κ1) is 18.4. The zero-order chi connectivity index (χ0) is 19.8. The van der Waals surface area contributed by atoms with Gasteiger partial charge in [-0.1, -0.05) is 19.1 Å². The summed E-state index contributed by atoms with van der Waals surface area (Å²) in [5, 5.41) is 16.4. The first-order valence-electron chi connectivity index (χ1n) is 10.1. The van der Waals surface area contributed by atoms with Gasteiger partial charge in [0.2, 0.25) is 5.91 Å². The van der Waals surface area contributed by atoms with Crippen LogP contribution in [0.2, 0.25) is 0 Å². The van der Waals surface area contributed by atoms with Crippen LogP contribution in [-0.2, 0) is 4.79 Å². The molecule has 1 saturated heterocycles. The van der Waals surface area contributed by atoms with Gasteiger partial charge in [-0.25, -0.2) is 0 Å². The fraction of sp³-hybridized carbons (Fsp3) is 0.450. The van der Waals surface area contributed by atoms with Crippen molar-refractivity contribution in [2.45, 2.75) is 36.3 Å². The largest absolute Gasteiger partial charge is 0.355 e. The highest BCUT2D eigenvalue weighted by Crippen LogP contribution is 2.38. The van der Waals surface area contributed by atoms with E-state index in [2.05, 4.69) is 50.6 Å². The number of aromatic nitrogens is 5. The minimum absolute atomic E-state index is 0.0504. The highest BCUT2D eigenvalue weighted by atomic mass is 32.2. The molecule has 1 amide bonds. The summed E-state index contributed by atoms with van der Waals surface area (Å²) in [7, 11) is 0. The van der Waals surface area contributed by atoms with Gasteiger partial charge in [-0.05, 0) is 54.0 Å². The van der Waals surface area contributed by atoms with E-state index in [1.165, 1.54) is 9.53 Å². The number of tetrazole rings is 1. The van der Waals surface area contributed by atoms with Gasteiger partial charge < -0.3 is 9.80 Å². The highest BCUT2D eigenvalue weighted by Gasteiger charge is 2.32. The molecule has 0 saturated carbocycles. The molecule has 0 bridgehead atoms. The van der Waals surface area contributed by atoms with Crippen molar-refractivity contribution < 1.29 is 4.79 Å². The molecule has 8 nitrogen and oxygen atoms in total. The highest BCUT2D eigenvalue weighted by molar-refractivity contribution is 8.00. The summed E-state index contributed by atoms with van der Waals surface area (Å²) in [6.45, 7) is 4.64. The van der Waals surface area contributed by atoms with E-state index in [4.69, 9.17) is 0 Å². The second kappa shape index (κ2) is 7.62. The van der Waals surface area contributed by atoms with E-state index >= 15 is 0 Å². The summed E-state index contributed by atoms with van der Waals surface area (Å²) in [5.41, 5.74) is 1.70. The van der Waals surface area contributed by atoms with Gasteiger partial charge in [0.1, 0.15) is 0 Å². The van der Waals surface area contributed by atoms with Crippen molar-refractivity contribution in [3.8, 4) is 0 Å². The molecule has 0 aliphatic carbocycles. The lowest BCUT2D eigenvalue weighted by molar-refractivity contribution is -0.123. The number of rotatable bonds is 2. The van der Waals surface area contributed by atoms with E-state index in [0.29, 0.717) is 10.9 Å². The monoisotopic (exact) mass is 409 g/mol. The van der Waals surface area contributed by atoms with E-state index in [9.17, 15) is 4.79 Å². The van der Waals surface area contributed by atoms with Crippen LogP contribution in [-0.4, -0.2) is 56.0 Å². The van der Waals surface area contributed by atoms with Gasteiger partial charge in [0.15, 0.2) is 11.5 Å². The van der Waals surface area contributed by atoms with Gasteiger partial charge in [0.25, 0.3) is 0 Å². The Labute approximate surface area is 173 Å². The van der Waals surface area contributed by atoms with Crippen molar-refractivity contribution >= 4 is 34.8 Å². The Kier molecular flexibility index (Phi) is 4.83. The Balaban J connectivity index is 1.30. The molecule has 0 N–H and O–H groups in total. The minimum Gasteiger partial charge on any atom is -0.355 e. The lowest BCUT2D eigenvalue weighted by Gasteiger charge is -2.34. The molecule has 1 atom stereocenters. The molecular weight excluding hydrogens is 386 g/mol. The molecule has 1 fully saturated rings. The fourth-order valence-electron chi connectivity index (χ4n) is 4.10. The summed E-state index contributed by atoms with van der Waals surface area (Å²) >= 11 is 1.87. The standard InChI is InChI=1S/C20H23N7OS/c1-14-8-13-26(16-4-2-3-5-17(16)29-14)20(28)15-9-11-25(12-10-15)19-7-6-18-21-23-24-27(18)22-19/h2-7,14-15H,8-13H2,1H3/t14-/m0/s1. The van der Waals surface area contributed by atoms with E-state index in [1.54, 1.807) is 0 Å². The van der Waals surface area contributed by atoms with Crippen LogP contribution in [0.3, 0.4) is 0 Å². The van der Waals surface area contributed by atoms with Gasteiger partial charge in [-0.2, -0.15) is 0 Å². The topological polar surface area (TPSA) is 79.5 Å². The van der Waals surface area contributed by atoms with Gasteiger partial charge >= 0.3 is 0 Å². The summed E-state index contributed by atoms with van der Waals surface area (Å²) in [6.07, 6.45) is 2.67. The second-order valence-corrected chi connectivity index (χ2v) is 9.13. The van der Waals surface area contributed by atoms with E-state index < -0.39 is 0 Å². The smallest absolute Gasteiger partial charge is 0.230 e. The lowest BCUT2D eigenvalue weighted by Crippen LogP contribution is -2.43. The number of fused-ring (bicyclic) bond motifs is 2. The molecule has 2 aliphatic rings. The Morgan fingerprint density at radius 3 is 2.76 bits per heavy atom. The maximum absolute atomic E-state index is 13.4. The third-order valence-corrected chi connectivity index (χ3v) is 6.97. The van der Waals surface area contributed by atoms with E-state index in [-0.39, 0.29) is 11.8 Å². The predicted molar refractivity (Wildman–Crippen MR) is 112 cm³/mol. The first-order chi connectivity index (χ1) is 14.2. The van der Waals surface area contributed by atoms with Crippen molar-refractivity contribution in [2.75, 3.05) is 29.4 Å². The number of carbonyl (C=O) groups excluding carboxylic acids is 1. The van der Waals surface area contributed by atoms with Gasteiger partial charge in [-0.3, -0.25) is 4.79 Å². The predicted octanol–water partition coefficient (Wildman–Crippen LogP) is 2.65. The molecule has 4 heterocycles. The third kappa shape index (κ3) is 3.55. The molecule has 2 aliphatic heterocycles. The Morgan fingerprint density at radius 1 is 1.07 bits per heavy atom. The second-order valence-electron chi connectivity index (χ2n) is 7.65. The summed E-state index contributed by atoms with van der Waals surface area (Å²) in [6, 6.07) is 12.1. The van der Waals surface area contributed by atoms with Crippen LogP contribution in [0.4, 0.5) is 11.5 Å². The van der Waals surface area contributed by atoms with Crippen LogP contribution in [0.1, 0.15) is 26.2 Å². The molecule has 3 aromatic rings. The van der Waals surface area contributed by atoms with Gasteiger partial charge in [0, 0.05) is 35.7 Å². The Hall–Kier alpha value is -2.68. The number of anilines is 2. The van der Waals surface area contributed by atoms with Gasteiger partial charge in [-0.15, -0.1) is 26.6 Å². The van der Waals surface area contributed by atoms with Crippen LogP contribution in [0.25, 0.3) is 5.65 Å². The molecular formula is C20H23N7OS. The van der Waals surface area contributed by atoms with Gasteiger partial charge in [0.05, 0.1) is 5.69 Å². The first-order valence-corrected chi connectivity index (χ1v) is 10.9. The van der Waals surface area contributed by atoms with Crippen LogP contribution in [0.15, 0.2) is 41.3 Å². The zero-order valence-electron chi connectivity index (χ0n) is 16.3. The number of hydrogen-bond donors (Lipinski definition) is 0. The Morgan fingerprint density at radius 2 is 1.90 bits per heavy atom. The summed E-state index contributed by atoms with van der Waals surface area (Å²) < 4.78 is 1.44. The molecule has 5 rings (SSSR count). The summed E-state index contributed by atoms with van der Waals surface area (Å²) in [4.78, 5) is 18.9. The van der Waals surface area contributed by atoms with E-state index in [0.717, 1.165) is 50.4 Å². The van der Waals surface area contributed by atoms with Crippen molar-refractivity contribution in [1.29, 1.82) is 0 Å². The molecule has 150 valence electrons. The molecule has 0 unspecified atom stereocenters. The number of thioether (sulfide) groups is 1. The quantitative estimate of drug-likeness (QED) is 0.644. The molecule has 29 heavy (non-hydrogen) atoms. The average molecular weight is 410 g/mol. The van der Waals surface area contributed by atoms with Crippen LogP contribution >= 0.6 is 11.8 Å². The minimum atomic E-state index is 0.0504. The van der Waals surface area contributed by atoms with Crippen molar-refractivity contribution in [3.05, 3.63) is 36.4 Å². The maximum atomic E-state index is 13.4. The Bertz CT molecular complexity index is 1030. The molecule has 0 radical (unpaired) electrons. The SMILES string of the molecule is C[C@H]1CCN(C(=O)C2CCN(c3ccc4nnnn4n3)CC2)c2ccccc2S1. The fourth-order valence-corrected chi connectivity index (χ4v) is 5.21. The van der Waals surface area contributed by atoms with Crippen molar-refractivity contribution in [3.63, 3.8) is 0 Å². The number of para-hydroxylation sites is 1. The number of hydrogen-bond acceptors (Lipinski definition) is 7. The lowest BCUT2D eigenvalue weighted by atomic mass is 9.94. The van der Waals surface area contributed by atoms with E-state index in [1.807, 2.05) is 34.9 Å². The van der Waals surface area contributed by atoms with Crippen LogP contribution in [0, 0.1) is 5.92 Å². The van der Waals surface area contributed by atoms with Crippen LogP contribution in [0.5, 0.6) is 0 Å². The number of nitrogens with zero attached hydrogens (tertiary/aromatic N) is 7. The maximum Gasteiger partial charge on any atom is 0.230 e. The zero-order valence-corrected chi connectivity index (χ0v) is 17.1. The molecule has 9 heteroatoms. The number of piperidine rings is 1. The number of amides is 1. The van der Waals surface area contributed by atoms with Crippen molar-refractivity contribution in [2.24, 2.45) is 5.92 Å². The molecule has 2 aromatic heterocycles. The average Bonchev–Trinajstić information content (AvgIpc) is 3.15. The number of carbonyl (C=O) groups is 1. The molecule has 1 aromatic carbocycles. The normalized spacial score (nSPS) is 20.5. The summed E-state index contributed by atoms with van der Waals surface area (Å²) in [5.74, 6) is 1.16. The number of benzene rings is 1. The third-order valence-electron chi connectivity index (χ3n) is 5.73. The van der Waals surface area contributed by atoms with Crippen LogP contribution < -0.4 is 9.80 Å².